The maximum Gasteiger partial charge on any atom is 1.00 e. The molecular weight excluding hydrogens is 996 g/mol. The first-order valence-corrected chi connectivity index (χ1v) is 36.3. The van der Waals surface area contributed by atoms with Crippen molar-refractivity contribution in [2.75, 3.05) is 58.8 Å². The van der Waals surface area contributed by atoms with Crippen LogP contribution in [0.3, 0.4) is 0 Å². The third kappa shape index (κ3) is 49.0. The van der Waals surface area contributed by atoms with Crippen LogP contribution in [0.5, 0.6) is 5.75 Å². The maximum atomic E-state index is 12.2. The molecule has 4 aromatic carbocycles. The Morgan fingerprint density at radius 3 is 1.27 bits per heavy atom. The van der Waals surface area contributed by atoms with Gasteiger partial charge in [-0.05, 0) is 88.1 Å². The molecule has 2 unspecified atom stereocenters. The van der Waals surface area contributed by atoms with Crippen LogP contribution in [-0.2, 0) is 56.4 Å². The Balaban J connectivity index is -0.000000756. The Kier molecular flexibility index (Phi) is 38.9. The maximum absolute atomic E-state index is 12.2. The molecule has 2 atom stereocenters. The molecule has 0 amide bonds. The van der Waals surface area contributed by atoms with Crippen molar-refractivity contribution in [3.63, 3.8) is 0 Å². The fourth-order valence-electron chi connectivity index (χ4n) is 4.24. The van der Waals surface area contributed by atoms with Crippen LogP contribution < -0.4 is 39.0 Å². The van der Waals surface area contributed by atoms with E-state index in [0.29, 0.717) is 25.6 Å². The largest absolute Gasteiger partial charge is 1.00 e. The predicted molar refractivity (Wildman–Crippen MR) is 271 cm³/mol. The van der Waals surface area contributed by atoms with Crippen LogP contribution in [0.4, 0.5) is 13.2 Å². The van der Waals surface area contributed by atoms with E-state index in [1.807, 2.05) is 109 Å². The van der Waals surface area contributed by atoms with Crippen LogP contribution >= 0.6 is 42.3 Å². The summed E-state index contributed by atoms with van der Waals surface area (Å²) in [5, 5.41) is 0. The molecule has 21 heteroatoms. The number of allylic oxidation sites excluding steroid dienone is 1. The van der Waals surface area contributed by atoms with Crippen molar-refractivity contribution in [1.82, 2.24) is 0 Å². The standard InChI is InChI=1S/C15H17O3P.C9H13O3P.C8H9ClO.C6H11F3OSi.C5H15OPSi.C2H6OP.Na/c1-19(16,18-15-10-6-3-7-11-15)13-17-12-14-8-4-2-5-9-14;1-13(10,11)8-12-7-9-5-3-2-4-6-9;9-7-10-6-8-4-2-1-3-5-8;1-5(6(7,8)9)10-11(2,3)4;1-7(2)6-8(3,4)5;1-4(2)3;/h2-11H,12-13H2,1H3;2-6H,7-8H2,1H3,(H,10,11);1-5H,6-7H2;1H2,2-4H3;1-5H3;1-2H3;/q;;;;;2*+1/p-1. The third-order valence-corrected chi connectivity index (χ3v) is 12.9. The first-order valence-electron chi connectivity index (χ1n) is 20.1. The molecule has 4 aromatic rings. The Labute approximate surface area is 424 Å². The van der Waals surface area contributed by atoms with E-state index in [9.17, 15) is 31.8 Å². The molecule has 0 aliphatic rings. The van der Waals surface area contributed by atoms with Crippen molar-refractivity contribution in [3.05, 3.63) is 150 Å². The molecule has 0 spiro atoms. The number of hydrogen-bond acceptors (Lipinski definition) is 10. The number of rotatable bonds is 17. The zero-order chi connectivity index (χ0) is 50.2. The van der Waals surface area contributed by atoms with Crippen LogP contribution in [-0.4, -0.2) is 81.6 Å². The average molecular weight is 1070 g/mol. The van der Waals surface area contributed by atoms with Gasteiger partial charge in [0.1, 0.15) is 31.5 Å². The molecule has 0 aliphatic carbocycles. The zero-order valence-corrected chi connectivity index (χ0v) is 49.2. The summed E-state index contributed by atoms with van der Waals surface area (Å²) in [5.41, 5.74) is 3.20. The first-order chi connectivity index (χ1) is 29.9. The van der Waals surface area contributed by atoms with Crippen molar-refractivity contribution in [1.29, 1.82) is 0 Å². The summed E-state index contributed by atoms with van der Waals surface area (Å²) in [6.45, 7) is 26.3. The molecule has 66 heavy (non-hydrogen) atoms. The van der Waals surface area contributed by atoms with E-state index in [2.05, 4.69) is 44.0 Å². The van der Waals surface area contributed by atoms with Gasteiger partial charge in [0.05, 0.1) is 26.2 Å². The van der Waals surface area contributed by atoms with Gasteiger partial charge in [-0.15, -0.1) is 0 Å². The van der Waals surface area contributed by atoms with Crippen LogP contribution in [0.1, 0.15) is 16.7 Å². The number of halogens is 4. The Hall–Kier alpha value is -1.48. The smallest absolute Gasteiger partial charge is 0.798 e. The van der Waals surface area contributed by atoms with Crippen molar-refractivity contribution in [2.24, 2.45) is 0 Å². The van der Waals surface area contributed by atoms with Gasteiger partial charge in [0.15, 0.2) is 14.1 Å². The van der Waals surface area contributed by atoms with Gasteiger partial charge in [0, 0.05) is 22.2 Å². The van der Waals surface area contributed by atoms with Crippen LogP contribution in [0.15, 0.2) is 134 Å². The van der Waals surface area contributed by atoms with Crippen LogP contribution in [0.2, 0.25) is 39.3 Å². The number of para-hydroxylation sites is 1. The Morgan fingerprint density at radius 1 is 0.682 bits per heavy atom. The molecule has 0 radical (unpaired) electrons. The van der Waals surface area contributed by atoms with Gasteiger partial charge >= 0.3 is 43.5 Å². The van der Waals surface area contributed by atoms with Gasteiger partial charge in [-0.25, -0.2) is 0 Å². The fourth-order valence-corrected chi connectivity index (χ4v) is 11.0. The van der Waals surface area contributed by atoms with E-state index < -0.39 is 51.1 Å². The minimum atomic E-state index is -4.42. The minimum Gasteiger partial charge on any atom is -0.798 e. The molecule has 0 bridgehead atoms. The summed E-state index contributed by atoms with van der Waals surface area (Å²) >= 11 is 5.33. The molecule has 0 aromatic heterocycles. The van der Waals surface area contributed by atoms with Crippen LogP contribution in [0, 0.1) is 0 Å². The molecule has 10 nitrogen and oxygen atoms in total. The van der Waals surface area contributed by atoms with Crippen molar-refractivity contribution in [3.8, 4) is 5.75 Å². The molecule has 0 fully saturated rings. The van der Waals surface area contributed by atoms with Crippen LogP contribution in [0.25, 0.3) is 0 Å². The van der Waals surface area contributed by atoms with E-state index >= 15 is 0 Å². The molecule has 0 saturated carbocycles. The van der Waals surface area contributed by atoms with Crippen molar-refractivity contribution >= 4 is 58.9 Å². The van der Waals surface area contributed by atoms with Gasteiger partial charge in [-0.2, -0.15) is 13.2 Å². The van der Waals surface area contributed by atoms with Gasteiger partial charge < -0.3 is 36.8 Å². The molecular formula is C45H70ClF3NaO10P4Si2+. The molecule has 4 rings (SSSR count). The monoisotopic (exact) mass is 1070 g/mol. The summed E-state index contributed by atoms with van der Waals surface area (Å²) in [7, 11) is -10.4. The normalized spacial score (nSPS) is 12.5. The second-order valence-electron chi connectivity index (χ2n) is 16.3. The minimum absolute atomic E-state index is 0. The van der Waals surface area contributed by atoms with E-state index in [1.165, 1.54) is 6.66 Å². The molecule has 366 valence electrons. The van der Waals surface area contributed by atoms with Crippen molar-refractivity contribution in [2.45, 2.75) is 65.3 Å². The van der Waals surface area contributed by atoms with E-state index in [-0.39, 0.29) is 56.5 Å². The van der Waals surface area contributed by atoms with E-state index in [1.54, 1.807) is 51.8 Å². The zero-order valence-electron chi connectivity index (χ0n) is 40.9. The van der Waals surface area contributed by atoms with Gasteiger partial charge in [0.2, 0.25) is 8.32 Å². The first kappa shape index (κ1) is 68.8. The molecule has 0 aliphatic heterocycles. The predicted octanol–water partition coefficient (Wildman–Crippen LogP) is 11.5. The number of alkyl halides is 4. The summed E-state index contributed by atoms with van der Waals surface area (Å²) in [5.74, 6) is -0.478. The number of ether oxygens (including phenoxy) is 3. The SMILES string of the molecule is C=C(O[Si](C)(C)C)C(F)(F)F.CP(=O)(COCc1ccccc1)Oc1ccccc1.CP(=O)([O-])COCc1ccccc1.CP(C)O[Si](C)(C)C.C[P+](C)=O.ClCOCc1ccccc1.[Na+]. The molecule has 0 saturated heterocycles. The van der Waals surface area contributed by atoms with Gasteiger partial charge in [-0.1, -0.05) is 132 Å². The summed E-state index contributed by atoms with van der Waals surface area (Å²) < 4.78 is 99.1. The van der Waals surface area contributed by atoms with Crippen molar-refractivity contribution < 1.29 is 88.7 Å². The molecule has 0 heterocycles. The third-order valence-electron chi connectivity index (χ3n) is 6.31. The quantitative estimate of drug-likeness (QED) is 0.0436. The van der Waals surface area contributed by atoms with Gasteiger partial charge in [-0.3, -0.25) is 4.57 Å². The molecule has 0 N–H and O–H groups in total. The summed E-state index contributed by atoms with van der Waals surface area (Å²) in [6.07, 6.45) is -4.50. The second-order valence-corrected chi connectivity index (χ2v) is 33.9. The van der Waals surface area contributed by atoms with Gasteiger partial charge in [0.25, 0.3) is 7.37 Å². The summed E-state index contributed by atoms with van der Waals surface area (Å²) in [4.78, 5) is 10.7. The summed E-state index contributed by atoms with van der Waals surface area (Å²) in [6, 6.07) is 38.6. The average Bonchev–Trinajstić information content (AvgIpc) is 3.17. The number of hydrogen-bond donors (Lipinski definition) is 0. The number of benzene rings is 4. The topological polar surface area (TPSA) is 130 Å². The Morgan fingerprint density at radius 2 is 1.02 bits per heavy atom. The van der Waals surface area contributed by atoms with E-state index in [4.69, 9.17) is 34.5 Å². The fraction of sp³-hybridized carbons (Fsp3) is 0.422. The van der Waals surface area contributed by atoms with E-state index in [0.717, 1.165) is 16.7 Å². The Bertz CT molecular complexity index is 1930. The second kappa shape index (κ2) is 37.4.